The Hall–Kier alpha value is -1.63. The first kappa shape index (κ1) is 16.7. The predicted octanol–water partition coefficient (Wildman–Crippen LogP) is 0.563. The van der Waals surface area contributed by atoms with E-state index in [9.17, 15) is 9.59 Å². The van der Waals surface area contributed by atoms with Gasteiger partial charge in [0.1, 0.15) is 6.04 Å². The molecule has 0 radical (unpaired) electrons. The highest BCUT2D eigenvalue weighted by atomic mass is 35.5. The Morgan fingerprint density at radius 1 is 1.32 bits per heavy atom. The molecule has 0 saturated carbocycles. The number of carbonyl (C=O) groups is 2. The summed E-state index contributed by atoms with van der Waals surface area (Å²) in [6, 6.07) is 6.47. The SMILES string of the molecule is C[C@H]1OCCN[C@@H]1C(=O)NCCNC(=O)c1ccccc1Cl. The molecule has 1 aromatic carbocycles. The minimum absolute atomic E-state index is 0.126. The zero-order valence-corrected chi connectivity index (χ0v) is 13.2. The first-order chi connectivity index (χ1) is 10.6. The van der Waals surface area contributed by atoms with Gasteiger partial charge in [-0.1, -0.05) is 23.7 Å². The van der Waals surface area contributed by atoms with Crippen molar-refractivity contribution in [2.45, 2.75) is 19.1 Å². The molecule has 0 bridgehead atoms. The number of hydrogen-bond donors (Lipinski definition) is 3. The third kappa shape index (κ3) is 4.43. The maximum atomic E-state index is 12.0. The average molecular weight is 326 g/mol. The lowest BCUT2D eigenvalue weighted by Gasteiger charge is -2.29. The highest BCUT2D eigenvalue weighted by Crippen LogP contribution is 2.14. The second kappa shape index (κ2) is 8.12. The van der Waals surface area contributed by atoms with Gasteiger partial charge in [-0.15, -0.1) is 0 Å². The van der Waals surface area contributed by atoms with Gasteiger partial charge in [-0.3, -0.25) is 9.59 Å². The fraction of sp³-hybridized carbons (Fsp3) is 0.467. The van der Waals surface area contributed by atoms with Crippen LogP contribution in [0.3, 0.4) is 0 Å². The lowest BCUT2D eigenvalue weighted by atomic mass is 10.1. The van der Waals surface area contributed by atoms with Crippen LogP contribution < -0.4 is 16.0 Å². The number of rotatable bonds is 5. The van der Waals surface area contributed by atoms with Crippen molar-refractivity contribution in [1.82, 2.24) is 16.0 Å². The Morgan fingerprint density at radius 2 is 2.05 bits per heavy atom. The second-order valence-corrected chi connectivity index (χ2v) is 5.44. The molecule has 22 heavy (non-hydrogen) atoms. The molecule has 1 aliphatic rings. The van der Waals surface area contributed by atoms with Crippen molar-refractivity contribution in [1.29, 1.82) is 0 Å². The molecule has 0 unspecified atom stereocenters. The first-order valence-electron chi connectivity index (χ1n) is 7.25. The summed E-state index contributed by atoms with van der Waals surface area (Å²) in [5.41, 5.74) is 0.423. The van der Waals surface area contributed by atoms with Gasteiger partial charge >= 0.3 is 0 Å². The van der Waals surface area contributed by atoms with Crippen molar-refractivity contribution in [3.63, 3.8) is 0 Å². The third-order valence-corrected chi connectivity index (χ3v) is 3.76. The van der Waals surface area contributed by atoms with Crippen LogP contribution in [0.5, 0.6) is 0 Å². The van der Waals surface area contributed by atoms with Crippen LogP contribution in [0.15, 0.2) is 24.3 Å². The van der Waals surface area contributed by atoms with Gasteiger partial charge in [0.2, 0.25) is 5.91 Å². The minimum Gasteiger partial charge on any atom is -0.375 e. The molecule has 0 aromatic heterocycles. The van der Waals surface area contributed by atoms with Gasteiger partial charge in [0.25, 0.3) is 5.91 Å². The smallest absolute Gasteiger partial charge is 0.252 e. The van der Waals surface area contributed by atoms with Crippen molar-refractivity contribution in [3.05, 3.63) is 34.9 Å². The molecule has 1 fully saturated rings. The third-order valence-electron chi connectivity index (χ3n) is 3.43. The summed E-state index contributed by atoms with van der Waals surface area (Å²) in [5.74, 6) is -0.383. The van der Waals surface area contributed by atoms with Crippen LogP contribution in [0, 0.1) is 0 Å². The molecule has 7 heteroatoms. The topological polar surface area (TPSA) is 79.5 Å². The van der Waals surface area contributed by atoms with Crippen molar-refractivity contribution >= 4 is 23.4 Å². The zero-order chi connectivity index (χ0) is 15.9. The molecule has 2 amide bonds. The van der Waals surface area contributed by atoms with Crippen molar-refractivity contribution in [2.24, 2.45) is 0 Å². The van der Waals surface area contributed by atoms with Gasteiger partial charge in [-0.05, 0) is 19.1 Å². The van der Waals surface area contributed by atoms with E-state index < -0.39 is 0 Å². The van der Waals surface area contributed by atoms with Crippen LogP contribution in [-0.4, -0.2) is 50.2 Å². The number of amides is 2. The molecule has 0 aliphatic carbocycles. The van der Waals surface area contributed by atoms with E-state index in [1.54, 1.807) is 24.3 Å². The maximum Gasteiger partial charge on any atom is 0.252 e. The van der Waals surface area contributed by atoms with Gasteiger partial charge in [0.05, 0.1) is 23.3 Å². The quantitative estimate of drug-likeness (QED) is 0.691. The van der Waals surface area contributed by atoms with E-state index in [4.69, 9.17) is 16.3 Å². The van der Waals surface area contributed by atoms with E-state index in [0.717, 1.165) is 0 Å². The molecule has 2 rings (SSSR count). The highest BCUT2D eigenvalue weighted by Gasteiger charge is 2.27. The minimum atomic E-state index is -0.354. The number of ether oxygens (including phenoxy) is 1. The Bertz CT molecular complexity index is 539. The molecule has 120 valence electrons. The maximum absolute atomic E-state index is 12.0. The molecule has 1 saturated heterocycles. The number of hydrogen-bond acceptors (Lipinski definition) is 4. The van der Waals surface area contributed by atoms with Crippen molar-refractivity contribution < 1.29 is 14.3 Å². The zero-order valence-electron chi connectivity index (χ0n) is 12.4. The fourth-order valence-corrected chi connectivity index (χ4v) is 2.46. The Kier molecular flexibility index (Phi) is 6.18. The molecule has 1 heterocycles. The molecule has 6 nitrogen and oxygen atoms in total. The number of carbonyl (C=O) groups excluding carboxylic acids is 2. The average Bonchev–Trinajstić information content (AvgIpc) is 2.52. The van der Waals surface area contributed by atoms with Gasteiger partial charge in [-0.25, -0.2) is 0 Å². The van der Waals surface area contributed by atoms with E-state index >= 15 is 0 Å². The van der Waals surface area contributed by atoms with Crippen LogP contribution in [0.25, 0.3) is 0 Å². The summed E-state index contributed by atoms with van der Waals surface area (Å²) in [5, 5.41) is 9.01. The van der Waals surface area contributed by atoms with E-state index in [1.165, 1.54) is 0 Å². The summed E-state index contributed by atoms with van der Waals surface area (Å²) in [4.78, 5) is 23.9. The molecule has 2 atom stereocenters. The fourth-order valence-electron chi connectivity index (χ4n) is 2.24. The predicted molar refractivity (Wildman–Crippen MR) is 84.0 cm³/mol. The van der Waals surface area contributed by atoms with Crippen LogP contribution in [-0.2, 0) is 9.53 Å². The summed E-state index contributed by atoms with van der Waals surface area (Å²) >= 11 is 5.95. The van der Waals surface area contributed by atoms with Gasteiger partial charge in [0.15, 0.2) is 0 Å². The molecule has 0 spiro atoms. The van der Waals surface area contributed by atoms with Gasteiger partial charge in [0, 0.05) is 19.6 Å². The summed E-state index contributed by atoms with van der Waals surface area (Å²) in [6.45, 7) is 3.80. The summed E-state index contributed by atoms with van der Waals surface area (Å²) in [7, 11) is 0. The lowest BCUT2D eigenvalue weighted by Crippen LogP contribution is -2.56. The van der Waals surface area contributed by atoms with E-state index in [-0.39, 0.29) is 24.0 Å². The van der Waals surface area contributed by atoms with Crippen LogP contribution in [0.4, 0.5) is 0 Å². The number of halogens is 1. The van der Waals surface area contributed by atoms with E-state index in [2.05, 4.69) is 16.0 Å². The largest absolute Gasteiger partial charge is 0.375 e. The molecular formula is C15H20ClN3O3. The van der Waals surface area contributed by atoms with E-state index in [0.29, 0.717) is 36.8 Å². The van der Waals surface area contributed by atoms with E-state index in [1.807, 2.05) is 6.92 Å². The van der Waals surface area contributed by atoms with Crippen molar-refractivity contribution in [3.8, 4) is 0 Å². The number of benzene rings is 1. The molecule has 3 N–H and O–H groups in total. The van der Waals surface area contributed by atoms with Crippen LogP contribution >= 0.6 is 11.6 Å². The monoisotopic (exact) mass is 325 g/mol. The Morgan fingerprint density at radius 3 is 2.77 bits per heavy atom. The van der Waals surface area contributed by atoms with Crippen LogP contribution in [0.1, 0.15) is 17.3 Å². The molecule has 1 aliphatic heterocycles. The summed E-state index contributed by atoms with van der Waals surface area (Å²) < 4.78 is 5.42. The number of morpholine rings is 1. The lowest BCUT2D eigenvalue weighted by molar-refractivity contribution is -0.128. The molecule has 1 aromatic rings. The standard InChI is InChI=1S/C15H20ClN3O3/c1-10-13(17-8-9-22-10)15(21)19-7-6-18-14(20)11-4-2-3-5-12(11)16/h2-5,10,13,17H,6-9H2,1H3,(H,18,20)(H,19,21)/t10-,13+/m1/s1. The Balaban J connectivity index is 1.72. The van der Waals surface area contributed by atoms with Gasteiger partial charge in [-0.2, -0.15) is 0 Å². The highest BCUT2D eigenvalue weighted by molar-refractivity contribution is 6.33. The second-order valence-electron chi connectivity index (χ2n) is 5.03. The van der Waals surface area contributed by atoms with Gasteiger partial charge < -0.3 is 20.7 Å². The molecular weight excluding hydrogens is 306 g/mol. The normalized spacial score (nSPS) is 21.2. The first-order valence-corrected chi connectivity index (χ1v) is 7.63. The van der Waals surface area contributed by atoms with Crippen LogP contribution in [0.2, 0.25) is 5.02 Å². The van der Waals surface area contributed by atoms with Crippen molar-refractivity contribution in [2.75, 3.05) is 26.2 Å². The summed E-state index contributed by atoms with van der Waals surface area (Å²) in [6.07, 6.45) is -0.161. The Labute approximate surface area is 134 Å². The number of nitrogens with one attached hydrogen (secondary N) is 3.